The van der Waals surface area contributed by atoms with Crippen LogP contribution in [0.2, 0.25) is 10.0 Å². The predicted octanol–water partition coefficient (Wildman–Crippen LogP) is 4.40. The maximum atomic E-state index is 12.6. The highest BCUT2D eigenvalue weighted by Gasteiger charge is 2.40. The molecular weight excluding hydrogens is 409 g/mol. The third kappa shape index (κ3) is 4.46. The number of hydrogen-bond acceptors (Lipinski definition) is 5. The van der Waals surface area contributed by atoms with Crippen LogP contribution < -0.4 is 0 Å². The first-order chi connectivity index (χ1) is 11.3. The van der Waals surface area contributed by atoms with Crippen molar-refractivity contribution >= 4 is 81.2 Å². The van der Waals surface area contributed by atoms with Gasteiger partial charge < -0.3 is 5.11 Å². The van der Waals surface area contributed by atoms with Gasteiger partial charge in [-0.25, -0.2) is 4.79 Å². The van der Waals surface area contributed by atoms with Crippen molar-refractivity contribution < 1.29 is 14.7 Å². The number of aliphatic carboxylic acids is 1. The van der Waals surface area contributed by atoms with Gasteiger partial charge in [0.2, 0.25) is 0 Å². The molecule has 0 unspecified atom stereocenters. The van der Waals surface area contributed by atoms with Crippen LogP contribution in [0.3, 0.4) is 0 Å². The fourth-order valence-electron chi connectivity index (χ4n) is 2.10. The van der Waals surface area contributed by atoms with Crippen molar-refractivity contribution in [2.45, 2.75) is 12.5 Å². The number of hydrogen-bond donors (Lipinski definition) is 1. The molecule has 0 aromatic heterocycles. The van der Waals surface area contributed by atoms with Crippen LogP contribution in [0.5, 0.6) is 0 Å². The van der Waals surface area contributed by atoms with Crippen molar-refractivity contribution in [1.82, 2.24) is 4.90 Å². The van der Waals surface area contributed by atoms with E-state index < -0.39 is 17.9 Å². The molecule has 1 aromatic carbocycles. The molecule has 1 amide bonds. The number of rotatable bonds is 6. The number of carboxylic acid groups (broad SMARTS) is 1. The first-order valence-corrected chi connectivity index (χ1v) is 10.2. The van der Waals surface area contributed by atoms with Crippen molar-refractivity contribution in [2.75, 3.05) is 12.0 Å². The lowest BCUT2D eigenvalue weighted by Crippen LogP contribution is -2.44. The Morgan fingerprint density at radius 1 is 1.50 bits per heavy atom. The van der Waals surface area contributed by atoms with E-state index in [1.54, 1.807) is 24.3 Å². The highest BCUT2D eigenvalue weighted by atomic mass is 35.5. The van der Waals surface area contributed by atoms with E-state index in [9.17, 15) is 14.7 Å². The number of thioether (sulfide) groups is 2. The minimum Gasteiger partial charge on any atom is -0.480 e. The Kier molecular flexibility index (Phi) is 7.00. The monoisotopic (exact) mass is 421 g/mol. The van der Waals surface area contributed by atoms with E-state index in [0.717, 1.165) is 11.8 Å². The minimum atomic E-state index is -1.06. The normalized spacial score (nSPS) is 17.6. The highest BCUT2D eigenvalue weighted by Crippen LogP contribution is 2.36. The molecule has 0 radical (unpaired) electrons. The molecule has 1 aliphatic heterocycles. The Hall–Kier alpha value is -0.730. The van der Waals surface area contributed by atoms with Crippen LogP contribution in [0.1, 0.15) is 12.0 Å². The van der Waals surface area contributed by atoms with Gasteiger partial charge in [-0.1, -0.05) is 53.2 Å². The largest absolute Gasteiger partial charge is 0.480 e. The molecule has 128 valence electrons. The van der Waals surface area contributed by atoms with Gasteiger partial charge in [-0.2, -0.15) is 11.8 Å². The molecule has 1 N–H and O–H groups in total. The third-order valence-corrected chi connectivity index (χ3v) is 5.80. The van der Waals surface area contributed by atoms with Crippen LogP contribution in [0.4, 0.5) is 0 Å². The summed E-state index contributed by atoms with van der Waals surface area (Å²) in [5, 5.41) is 10.3. The standard InChI is InChI=1S/C15H13Cl2NO3S3/c1-23-5-4-11(14(20)21)18-13(19)12(24-15(18)22)6-8-2-3-9(16)7-10(8)17/h2-3,6-7,11H,4-5H2,1H3,(H,20,21)/b12-6-/t11-/m1/s1. The van der Waals surface area contributed by atoms with E-state index in [-0.39, 0.29) is 4.32 Å². The summed E-state index contributed by atoms with van der Waals surface area (Å²) in [6.07, 6.45) is 3.81. The fourth-order valence-corrected chi connectivity index (χ4v) is 4.37. The first-order valence-electron chi connectivity index (χ1n) is 6.79. The maximum Gasteiger partial charge on any atom is 0.326 e. The van der Waals surface area contributed by atoms with Crippen molar-refractivity contribution in [1.29, 1.82) is 0 Å². The summed E-state index contributed by atoms with van der Waals surface area (Å²) >= 11 is 19.8. The molecule has 0 spiro atoms. The number of halogens is 2. The second kappa shape index (κ2) is 8.58. The van der Waals surface area contributed by atoms with Gasteiger partial charge in [0.15, 0.2) is 0 Å². The van der Waals surface area contributed by atoms with Crippen LogP contribution in [-0.4, -0.2) is 44.3 Å². The van der Waals surface area contributed by atoms with Gasteiger partial charge in [0.25, 0.3) is 5.91 Å². The SMILES string of the molecule is CSCC[C@H](C(=O)O)N1C(=O)/C(=C/c2ccc(Cl)cc2Cl)SC1=S. The first kappa shape index (κ1) is 19.6. The molecule has 0 aliphatic carbocycles. The Morgan fingerprint density at radius 3 is 2.79 bits per heavy atom. The van der Waals surface area contributed by atoms with Gasteiger partial charge in [-0.05, 0) is 42.2 Å². The molecule has 0 bridgehead atoms. The average Bonchev–Trinajstić information content (AvgIpc) is 2.78. The lowest BCUT2D eigenvalue weighted by molar-refractivity contribution is -0.145. The molecule has 4 nitrogen and oxygen atoms in total. The highest BCUT2D eigenvalue weighted by molar-refractivity contribution is 8.26. The lowest BCUT2D eigenvalue weighted by atomic mass is 10.1. The van der Waals surface area contributed by atoms with Crippen molar-refractivity contribution in [3.8, 4) is 0 Å². The van der Waals surface area contributed by atoms with E-state index in [4.69, 9.17) is 35.4 Å². The number of benzene rings is 1. The molecule has 9 heteroatoms. The zero-order chi connectivity index (χ0) is 17.9. The number of nitrogens with zero attached hydrogens (tertiary/aromatic N) is 1. The molecular formula is C15H13Cl2NO3S3. The summed E-state index contributed by atoms with van der Waals surface area (Å²) in [5.41, 5.74) is 0.623. The summed E-state index contributed by atoms with van der Waals surface area (Å²) in [5.74, 6) is -0.855. The van der Waals surface area contributed by atoms with E-state index in [1.165, 1.54) is 16.7 Å². The van der Waals surface area contributed by atoms with E-state index in [0.29, 0.717) is 32.7 Å². The van der Waals surface area contributed by atoms with Crippen molar-refractivity contribution in [3.63, 3.8) is 0 Å². The zero-order valence-electron chi connectivity index (χ0n) is 12.5. The van der Waals surface area contributed by atoms with E-state index in [1.807, 2.05) is 6.26 Å². The smallest absolute Gasteiger partial charge is 0.326 e. The van der Waals surface area contributed by atoms with Crippen molar-refractivity contribution in [2.24, 2.45) is 0 Å². The Morgan fingerprint density at radius 2 is 2.21 bits per heavy atom. The van der Waals surface area contributed by atoms with Crippen LogP contribution >= 0.6 is 58.9 Å². The van der Waals surface area contributed by atoms with E-state index in [2.05, 4.69) is 0 Å². The molecule has 1 aliphatic rings. The predicted molar refractivity (Wildman–Crippen MR) is 106 cm³/mol. The quantitative estimate of drug-likeness (QED) is 0.542. The zero-order valence-corrected chi connectivity index (χ0v) is 16.5. The topological polar surface area (TPSA) is 57.6 Å². The minimum absolute atomic E-state index is 0.241. The fraction of sp³-hybridized carbons (Fsp3) is 0.267. The van der Waals surface area contributed by atoms with Gasteiger partial charge in [0, 0.05) is 10.0 Å². The van der Waals surface area contributed by atoms with Gasteiger partial charge in [0.1, 0.15) is 10.4 Å². The van der Waals surface area contributed by atoms with Crippen LogP contribution in [0, 0.1) is 0 Å². The van der Waals surface area contributed by atoms with Crippen molar-refractivity contribution in [3.05, 3.63) is 38.7 Å². The molecule has 1 aromatic rings. The average molecular weight is 422 g/mol. The van der Waals surface area contributed by atoms with Gasteiger partial charge in [-0.3, -0.25) is 9.69 Å². The summed E-state index contributed by atoms with van der Waals surface area (Å²) in [4.78, 5) is 25.7. The summed E-state index contributed by atoms with van der Waals surface area (Å²) in [6, 6.07) is 3.98. The summed E-state index contributed by atoms with van der Waals surface area (Å²) in [7, 11) is 0. The van der Waals surface area contributed by atoms with Gasteiger partial charge in [-0.15, -0.1) is 0 Å². The number of thiocarbonyl (C=S) groups is 1. The Labute approximate surface area is 163 Å². The number of carbonyl (C=O) groups is 2. The van der Waals surface area contributed by atoms with Crippen LogP contribution in [0.15, 0.2) is 23.1 Å². The molecule has 0 saturated carbocycles. The molecule has 1 fully saturated rings. The number of carbonyl (C=O) groups excluding carboxylic acids is 1. The second-order valence-electron chi connectivity index (χ2n) is 4.85. The summed E-state index contributed by atoms with van der Waals surface area (Å²) in [6.45, 7) is 0. The molecule has 2 rings (SSSR count). The van der Waals surface area contributed by atoms with Gasteiger partial charge in [0.05, 0.1) is 4.91 Å². The van der Waals surface area contributed by atoms with Crippen LogP contribution in [0.25, 0.3) is 6.08 Å². The van der Waals surface area contributed by atoms with Gasteiger partial charge >= 0.3 is 5.97 Å². The Bertz CT molecular complexity index is 724. The maximum absolute atomic E-state index is 12.6. The third-order valence-electron chi connectivity index (χ3n) is 3.26. The molecule has 1 saturated heterocycles. The molecule has 24 heavy (non-hydrogen) atoms. The Balaban J connectivity index is 2.30. The van der Waals surface area contributed by atoms with E-state index >= 15 is 0 Å². The van der Waals surface area contributed by atoms with Crippen LogP contribution in [-0.2, 0) is 9.59 Å². The molecule has 1 atom stereocenters. The molecule has 1 heterocycles. The number of carboxylic acids is 1. The lowest BCUT2D eigenvalue weighted by Gasteiger charge is -2.22. The number of amides is 1. The second-order valence-corrected chi connectivity index (χ2v) is 8.36. The summed E-state index contributed by atoms with van der Waals surface area (Å²) < 4.78 is 0.241.